The average Bonchev–Trinajstić information content (AvgIpc) is 3.90. The predicted molar refractivity (Wildman–Crippen MR) is 227 cm³/mol. The molecule has 0 amide bonds. The van der Waals surface area contributed by atoms with Crippen LogP contribution in [0, 0.1) is 11.8 Å². The Morgan fingerprint density at radius 2 is 0.983 bits per heavy atom. The summed E-state index contributed by atoms with van der Waals surface area (Å²) in [6, 6.07) is 24.1. The standard InChI is InChI=1S/C44H54Br2N6O6/c1-29(15-21-39-43(3,4)57-55-41(53-39)33-11-7-9-13-35(33)45)23-25-51-27-37(47-49-51)31-17-19-32(20-18-31)38-28-52(50-48-38)26-24-30(2)16-22-40-44(5,6)58-56-42(54-40)34-12-8-10-14-36(34)46/h7-14,17-20,27-30,39-42H,15-16,21-26H2,1-6H3. The van der Waals surface area contributed by atoms with E-state index < -0.39 is 23.8 Å². The van der Waals surface area contributed by atoms with Gasteiger partial charge in [0.15, 0.2) is 0 Å². The molecule has 6 unspecified atom stereocenters. The summed E-state index contributed by atoms with van der Waals surface area (Å²) >= 11 is 7.20. The van der Waals surface area contributed by atoms with E-state index in [1.54, 1.807) is 0 Å². The quantitative estimate of drug-likeness (QED) is 0.0886. The third-order valence-electron chi connectivity index (χ3n) is 11.2. The van der Waals surface area contributed by atoms with Crippen LogP contribution in [-0.2, 0) is 42.1 Å². The van der Waals surface area contributed by atoms with Crippen LogP contribution >= 0.6 is 31.9 Å². The van der Waals surface area contributed by atoms with Gasteiger partial charge in [0.2, 0.25) is 12.6 Å². The Labute approximate surface area is 358 Å². The molecule has 5 aromatic rings. The van der Waals surface area contributed by atoms with E-state index in [4.69, 9.17) is 29.0 Å². The first kappa shape index (κ1) is 42.8. The van der Waals surface area contributed by atoms with Crippen molar-refractivity contribution in [3.8, 4) is 22.5 Å². The van der Waals surface area contributed by atoms with Crippen LogP contribution in [-0.4, -0.2) is 53.4 Å². The van der Waals surface area contributed by atoms with Crippen LogP contribution in [0.15, 0.2) is 94.1 Å². The third-order valence-corrected chi connectivity index (χ3v) is 12.7. The largest absolute Gasteiger partial charge is 0.340 e. The fraction of sp³-hybridized carbons (Fsp3) is 0.500. The Kier molecular flexibility index (Phi) is 14.0. The summed E-state index contributed by atoms with van der Waals surface area (Å²) in [7, 11) is 0. The van der Waals surface area contributed by atoms with E-state index in [1.165, 1.54) is 0 Å². The maximum absolute atomic E-state index is 6.41. The Hall–Kier alpha value is -3.34. The Bertz CT molecular complexity index is 1940. The molecule has 2 saturated heterocycles. The zero-order valence-electron chi connectivity index (χ0n) is 34.1. The molecule has 310 valence electrons. The lowest BCUT2D eigenvalue weighted by Crippen LogP contribution is -2.46. The smallest absolute Gasteiger partial charge is 0.218 e. The molecular formula is C44H54Br2N6O6. The maximum Gasteiger partial charge on any atom is 0.218 e. The van der Waals surface area contributed by atoms with E-state index >= 15 is 0 Å². The van der Waals surface area contributed by atoms with Crippen molar-refractivity contribution < 1.29 is 29.0 Å². The lowest BCUT2D eigenvalue weighted by atomic mass is 9.92. The van der Waals surface area contributed by atoms with Gasteiger partial charge in [0.1, 0.15) is 22.6 Å². The summed E-state index contributed by atoms with van der Waals surface area (Å²) in [5, 5.41) is 17.8. The van der Waals surface area contributed by atoms with Gasteiger partial charge in [-0.3, -0.25) is 9.36 Å². The molecule has 7 rings (SSSR count). The van der Waals surface area contributed by atoms with Gasteiger partial charge in [-0.15, -0.1) is 10.2 Å². The first-order valence-corrected chi connectivity index (χ1v) is 21.8. The summed E-state index contributed by atoms with van der Waals surface area (Å²) in [4.78, 5) is 22.9. The van der Waals surface area contributed by atoms with Gasteiger partial charge in [-0.25, -0.2) is 9.78 Å². The fourth-order valence-corrected chi connectivity index (χ4v) is 8.23. The highest BCUT2D eigenvalue weighted by molar-refractivity contribution is 9.10. The second-order valence-electron chi connectivity index (χ2n) is 16.8. The van der Waals surface area contributed by atoms with Crippen molar-refractivity contribution in [2.45, 2.75) is 129 Å². The highest BCUT2D eigenvalue weighted by Gasteiger charge is 2.42. The van der Waals surface area contributed by atoms with Crippen LogP contribution in [0.4, 0.5) is 0 Å². The molecule has 0 radical (unpaired) electrons. The number of rotatable bonds is 16. The van der Waals surface area contributed by atoms with Gasteiger partial charge in [0.25, 0.3) is 0 Å². The number of hydrogen-bond donors (Lipinski definition) is 0. The van der Waals surface area contributed by atoms with E-state index in [9.17, 15) is 0 Å². The number of benzene rings is 3. The van der Waals surface area contributed by atoms with Gasteiger partial charge in [0, 0.05) is 44.3 Å². The molecule has 0 spiro atoms. The monoisotopic (exact) mass is 920 g/mol. The van der Waals surface area contributed by atoms with Crippen molar-refractivity contribution in [2.24, 2.45) is 11.8 Å². The second kappa shape index (κ2) is 18.9. The Morgan fingerprint density at radius 1 is 0.586 bits per heavy atom. The summed E-state index contributed by atoms with van der Waals surface area (Å²) in [5.41, 5.74) is 4.43. The van der Waals surface area contributed by atoms with Crippen molar-refractivity contribution in [1.82, 2.24) is 30.0 Å². The normalized spacial score (nSPS) is 22.8. The Balaban J connectivity index is 0.845. The lowest BCUT2D eigenvalue weighted by molar-refractivity contribution is -0.487. The summed E-state index contributed by atoms with van der Waals surface area (Å²) in [6.45, 7) is 14.2. The minimum absolute atomic E-state index is 0.106. The van der Waals surface area contributed by atoms with Crippen LogP contribution in [0.5, 0.6) is 0 Å². The van der Waals surface area contributed by atoms with Crippen molar-refractivity contribution in [3.63, 3.8) is 0 Å². The van der Waals surface area contributed by atoms with Gasteiger partial charge >= 0.3 is 0 Å². The van der Waals surface area contributed by atoms with E-state index in [0.29, 0.717) is 11.8 Å². The number of halogens is 2. The first-order chi connectivity index (χ1) is 27.8. The van der Waals surface area contributed by atoms with Crippen molar-refractivity contribution in [2.75, 3.05) is 0 Å². The maximum atomic E-state index is 6.41. The van der Waals surface area contributed by atoms with Gasteiger partial charge in [-0.05, 0) is 90.2 Å². The van der Waals surface area contributed by atoms with Gasteiger partial charge in [-0.2, -0.15) is 9.78 Å². The van der Waals surface area contributed by atoms with E-state index in [0.717, 1.165) is 94.2 Å². The predicted octanol–water partition coefficient (Wildman–Crippen LogP) is 11.0. The SMILES string of the molecule is CC(CCC1OC(c2ccccc2Br)OOC1(C)C)CCn1cc(-c2ccc(-c3cn(CCC(C)CCC4OC(c5ccccc5Br)OOC4(C)C)nn3)cc2)nn1. The molecule has 0 saturated carbocycles. The van der Waals surface area contributed by atoms with Crippen molar-refractivity contribution in [3.05, 3.63) is 105 Å². The number of aromatic nitrogens is 6. The zero-order chi connectivity index (χ0) is 40.9. The average molecular weight is 923 g/mol. The first-order valence-electron chi connectivity index (χ1n) is 20.2. The van der Waals surface area contributed by atoms with Crippen LogP contribution in [0.3, 0.4) is 0 Å². The highest BCUT2D eigenvalue weighted by Crippen LogP contribution is 2.40. The Morgan fingerprint density at radius 3 is 1.38 bits per heavy atom. The van der Waals surface area contributed by atoms with Crippen LogP contribution in [0.2, 0.25) is 0 Å². The van der Waals surface area contributed by atoms with Gasteiger partial charge in [-0.1, -0.05) is 117 Å². The van der Waals surface area contributed by atoms with E-state index in [-0.39, 0.29) is 12.2 Å². The molecule has 12 nitrogen and oxygen atoms in total. The molecule has 2 aliphatic rings. The van der Waals surface area contributed by atoms with Crippen molar-refractivity contribution in [1.29, 1.82) is 0 Å². The third kappa shape index (κ3) is 10.7. The molecule has 0 N–H and O–H groups in total. The van der Waals surface area contributed by atoms with Crippen LogP contribution < -0.4 is 0 Å². The van der Waals surface area contributed by atoms with Crippen molar-refractivity contribution >= 4 is 31.9 Å². The number of hydrogen-bond acceptors (Lipinski definition) is 10. The summed E-state index contributed by atoms with van der Waals surface area (Å²) in [6.07, 6.45) is 8.31. The summed E-state index contributed by atoms with van der Waals surface area (Å²) < 4.78 is 18.6. The molecule has 2 aromatic heterocycles. The lowest BCUT2D eigenvalue weighted by Gasteiger charge is -2.41. The van der Waals surface area contributed by atoms with Gasteiger partial charge < -0.3 is 9.47 Å². The molecule has 0 bridgehead atoms. The minimum atomic E-state index is -0.572. The highest BCUT2D eigenvalue weighted by atomic mass is 79.9. The zero-order valence-corrected chi connectivity index (χ0v) is 37.3. The van der Waals surface area contributed by atoms with Crippen LogP contribution in [0.25, 0.3) is 22.5 Å². The number of nitrogens with zero attached hydrogens (tertiary/aromatic N) is 6. The molecule has 58 heavy (non-hydrogen) atoms. The molecule has 2 aliphatic heterocycles. The molecule has 3 aromatic carbocycles. The van der Waals surface area contributed by atoms with Gasteiger partial charge in [0.05, 0.1) is 24.6 Å². The second-order valence-corrected chi connectivity index (χ2v) is 18.5. The van der Waals surface area contributed by atoms with E-state index in [1.807, 2.05) is 98.0 Å². The summed E-state index contributed by atoms with van der Waals surface area (Å²) in [5.74, 6) is 0.913. The van der Waals surface area contributed by atoms with E-state index in [2.05, 4.69) is 90.6 Å². The fourth-order valence-electron chi connectivity index (χ4n) is 7.29. The topological polar surface area (TPSA) is 117 Å². The number of ether oxygens (including phenoxy) is 2. The van der Waals surface area contributed by atoms with Crippen LogP contribution in [0.1, 0.15) is 104 Å². The molecular weight excluding hydrogens is 868 g/mol. The molecule has 2 fully saturated rings. The minimum Gasteiger partial charge on any atom is -0.340 e. The number of aryl methyl sites for hydroxylation is 2. The molecule has 6 atom stereocenters. The molecule has 4 heterocycles. The molecule has 0 aliphatic carbocycles. The molecule has 14 heteroatoms.